The van der Waals surface area contributed by atoms with Gasteiger partial charge in [0.25, 0.3) is 10.1 Å². The van der Waals surface area contributed by atoms with Gasteiger partial charge in [-0.15, -0.1) is 0 Å². The van der Waals surface area contributed by atoms with Crippen LogP contribution in [-0.4, -0.2) is 30.2 Å². The molecule has 100 valence electrons. The molecule has 0 saturated carbocycles. The molecule has 2 N–H and O–H groups in total. The summed E-state index contributed by atoms with van der Waals surface area (Å²) in [4.78, 5) is 10.8. The van der Waals surface area contributed by atoms with Gasteiger partial charge in [0.1, 0.15) is 0 Å². The number of hydrogen-bond donors (Lipinski definition) is 2. The minimum Gasteiger partial charge on any atom is -0.353 e. The fourth-order valence-corrected chi connectivity index (χ4v) is 1.67. The van der Waals surface area contributed by atoms with Crippen LogP contribution in [0.1, 0.15) is 39.5 Å². The summed E-state index contributed by atoms with van der Waals surface area (Å²) in [5.41, 5.74) is 0. The number of amides is 1. The maximum absolute atomic E-state index is 11.0. The lowest BCUT2D eigenvalue weighted by Crippen LogP contribution is -2.31. The first kappa shape index (κ1) is 16.1. The van der Waals surface area contributed by atoms with E-state index in [-0.39, 0.29) is 5.91 Å². The molecule has 1 amide bonds. The standard InChI is InChI=1S/C11H21NO4S/c1-4-10(13)12-9-7-5-6-8-11(2,3)17(14,15)16/h4H,1,5-9H2,2-3H3,(H,12,13)(H,14,15,16). The van der Waals surface area contributed by atoms with E-state index in [4.69, 9.17) is 4.55 Å². The summed E-state index contributed by atoms with van der Waals surface area (Å²) in [5.74, 6) is -0.205. The fourth-order valence-electron chi connectivity index (χ4n) is 1.27. The third kappa shape index (κ3) is 6.43. The van der Waals surface area contributed by atoms with Crippen LogP contribution in [0.3, 0.4) is 0 Å². The molecule has 0 bridgehead atoms. The van der Waals surface area contributed by atoms with Crippen molar-refractivity contribution >= 4 is 16.0 Å². The molecule has 0 aliphatic rings. The third-order valence-corrected chi connectivity index (χ3v) is 4.24. The zero-order valence-electron chi connectivity index (χ0n) is 10.4. The number of rotatable bonds is 8. The fraction of sp³-hybridized carbons (Fsp3) is 0.727. The Labute approximate surface area is 103 Å². The maximum Gasteiger partial charge on any atom is 0.270 e. The van der Waals surface area contributed by atoms with Crippen molar-refractivity contribution in [3.63, 3.8) is 0 Å². The zero-order valence-corrected chi connectivity index (χ0v) is 11.2. The second-order valence-corrected chi connectivity index (χ2v) is 6.60. The Bertz CT molecular complexity index is 360. The summed E-state index contributed by atoms with van der Waals surface area (Å²) >= 11 is 0. The van der Waals surface area contributed by atoms with Crippen LogP contribution in [0.5, 0.6) is 0 Å². The Morgan fingerprint density at radius 1 is 1.35 bits per heavy atom. The predicted octanol–water partition coefficient (Wildman–Crippen LogP) is 1.52. The minimum atomic E-state index is -4.00. The van der Waals surface area contributed by atoms with Gasteiger partial charge in [-0.1, -0.05) is 19.4 Å². The van der Waals surface area contributed by atoms with Crippen molar-refractivity contribution in [2.75, 3.05) is 6.54 Å². The van der Waals surface area contributed by atoms with E-state index in [1.54, 1.807) is 0 Å². The molecule has 5 nitrogen and oxygen atoms in total. The average molecular weight is 263 g/mol. The molecule has 0 aromatic rings. The first-order valence-corrected chi connectivity index (χ1v) is 7.02. The Hall–Kier alpha value is -0.880. The Balaban J connectivity index is 3.73. The highest BCUT2D eigenvalue weighted by Gasteiger charge is 2.31. The molecule has 0 rings (SSSR count). The molecule has 0 unspecified atom stereocenters. The number of nitrogens with one attached hydrogen (secondary N) is 1. The van der Waals surface area contributed by atoms with Crippen molar-refractivity contribution in [2.45, 2.75) is 44.3 Å². The van der Waals surface area contributed by atoms with Gasteiger partial charge in [-0.05, 0) is 32.8 Å². The van der Waals surface area contributed by atoms with Gasteiger partial charge in [-0.25, -0.2) is 0 Å². The van der Waals surface area contributed by atoms with E-state index in [0.717, 1.165) is 12.8 Å². The van der Waals surface area contributed by atoms with Gasteiger partial charge in [0, 0.05) is 6.54 Å². The van der Waals surface area contributed by atoms with Crippen molar-refractivity contribution in [3.8, 4) is 0 Å². The van der Waals surface area contributed by atoms with E-state index in [1.165, 1.54) is 19.9 Å². The molecule has 0 spiro atoms. The molecule has 0 atom stereocenters. The van der Waals surface area contributed by atoms with E-state index in [1.807, 2.05) is 0 Å². The predicted molar refractivity (Wildman–Crippen MR) is 67.3 cm³/mol. The quantitative estimate of drug-likeness (QED) is 0.395. The van der Waals surface area contributed by atoms with E-state index < -0.39 is 14.9 Å². The van der Waals surface area contributed by atoms with Gasteiger partial charge in [0.15, 0.2) is 0 Å². The van der Waals surface area contributed by atoms with Crippen LogP contribution in [0, 0.1) is 0 Å². The van der Waals surface area contributed by atoms with Gasteiger partial charge in [0.2, 0.25) is 5.91 Å². The summed E-state index contributed by atoms with van der Waals surface area (Å²) in [6.45, 7) is 6.88. The van der Waals surface area contributed by atoms with Crippen LogP contribution in [0.2, 0.25) is 0 Å². The van der Waals surface area contributed by atoms with Crippen LogP contribution in [0.15, 0.2) is 12.7 Å². The van der Waals surface area contributed by atoms with E-state index in [0.29, 0.717) is 19.4 Å². The average Bonchev–Trinajstić information content (AvgIpc) is 2.21. The van der Waals surface area contributed by atoms with E-state index in [9.17, 15) is 13.2 Å². The molecule has 0 aromatic heterocycles. The SMILES string of the molecule is C=CC(=O)NCCCCCC(C)(C)S(=O)(=O)O. The highest BCUT2D eigenvalue weighted by molar-refractivity contribution is 7.87. The van der Waals surface area contributed by atoms with Crippen LogP contribution in [0.25, 0.3) is 0 Å². The van der Waals surface area contributed by atoms with Crippen molar-refractivity contribution in [3.05, 3.63) is 12.7 Å². The largest absolute Gasteiger partial charge is 0.353 e. The third-order valence-electron chi connectivity index (χ3n) is 2.64. The highest BCUT2D eigenvalue weighted by Crippen LogP contribution is 2.22. The number of carbonyl (C=O) groups is 1. The summed E-state index contributed by atoms with van der Waals surface area (Å²) in [6, 6.07) is 0. The molecule has 0 radical (unpaired) electrons. The van der Waals surface area contributed by atoms with Crippen molar-refractivity contribution < 1.29 is 17.8 Å². The summed E-state index contributed by atoms with van der Waals surface area (Å²) in [6.07, 6.45) is 3.89. The first-order chi connectivity index (χ1) is 7.70. The number of unbranched alkanes of at least 4 members (excludes halogenated alkanes) is 2. The summed E-state index contributed by atoms with van der Waals surface area (Å²) in [5, 5.41) is 2.64. The molecule has 0 aliphatic heterocycles. The van der Waals surface area contributed by atoms with Gasteiger partial charge in [-0.2, -0.15) is 8.42 Å². The molecule has 6 heteroatoms. The lowest BCUT2D eigenvalue weighted by atomic mass is 10.0. The topological polar surface area (TPSA) is 83.5 Å². The monoisotopic (exact) mass is 263 g/mol. The van der Waals surface area contributed by atoms with Crippen LogP contribution >= 0.6 is 0 Å². The second-order valence-electron chi connectivity index (χ2n) is 4.54. The number of carbonyl (C=O) groups excluding carboxylic acids is 1. The summed E-state index contributed by atoms with van der Waals surface area (Å²) < 4.78 is 29.8. The highest BCUT2D eigenvalue weighted by atomic mass is 32.2. The Morgan fingerprint density at radius 2 is 1.94 bits per heavy atom. The minimum absolute atomic E-state index is 0.205. The van der Waals surface area contributed by atoms with Gasteiger partial charge < -0.3 is 5.32 Å². The Morgan fingerprint density at radius 3 is 2.41 bits per heavy atom. The zero-order chi connectivity index (χ0) is 13.5. The van der Waals surface area contributed by atoms with Crippen LogP contribution < -0.4 is 5.32 Å². The first-order valence-electron chi connectivity index (χ1n) is 5.58. The van der Waals surface area contributed by atoms with Gasteiger partial charge in [0.05, 0.1) is 4.75 Å². The molecule has 0 fully saturated rings. The maximum atomic E-state index is 11.0. The number of hydrogen-bond acceptors (Lipinski definition) is 3. The molecular weight excluding hydrogens is 242 g/mol. The lowest BCUT2D eigenvalue weighted by Gasteiger charge is -2.20. The van der Waals surface area contributed by atoms with Crippen LogP contribution in [-0.2, 0) is 14.9 Å². The lowest BCUT2D eigenvalue weighted by molar-refractivity contribution is -0.116. The van der Waals surface area contributed by atoms with E-state index in [2.05, 4.69) is 11.9 Å². The molecule has 0 saturated heterocycles. The molecule has 17 heavy (non-hydrogen) atoms. The molecule has 0 aromatic carbocycles. The van der Waals surface area contributed by atoms with Gasteiger partial charge >= 0.3 is 0 Å². The van der Waals surface area contributed by atoms with Crippen molar-refractivity contribution in [1.82, 2.24) is 5.32 Å². The van der Waals surface area contributed by atoms with E-state index >= 15 is 0 Å². The van der Waals surface area contributed by atoms with Gasteiger partial charge in [-0.3, -0.25) is 9.35 Å². The smallest absolute Gasteiger partial charge is 0.270 e. The second kappa shape index (κ2) is 6.76. The molecule has 0 heterocycles. The Kier molecular flexibility index (Phi) is 6.41. The van der Waals surface area contributed by atoms with Crippen molar-refractivity contribution in [2.24, 2.45) is 0 Å². The van der Waals surface area contributed by atoms with Crippen molar-refractivity contribution in [1.29, 1.82) is 0 Å². The summed E-state index contributed by atoms with van der Waals surface area (Å²) in [7, 11) is -4.00. The normalized spacial score (nSPS) is 12.2. The molecule has 0 aliphatic carbocycles. The van der Waals surface area contributed by atoms with Crippen LogP contribution in [0.4, 0.5) is 0 Å². The molecular formula is C11H21NO4S.